The molecule has 0 bridgehead atoms. The van der Waals surface area contributed by atoms with Crippen LogP contribution in [-0.2, 0) is 6.18 Å². The van der Waals surface area contributed by atoms with Crippen molar-refractivity contribution in [3.8, 4) is 23.1 Å². The lowest BCUT2D eigenvalue weighted by atomic mass is 10.1. The Hall–Kier alpha value is -3.22. The summed E-state index contributed by atoms with van der Waals surface area (Å²) in [7, 11) is 0. The van der Waals surface area contributed by atoms with Gasteiger partial charge in [-0.25, -0.2) is 0 Å². The maximum atomic E-state index is 13.4. The van der Waals surface area contributed by atoms with Crippen molar-refractivity contribution in [3.63, 3.8) is 0 Å². The molecule has 0 saturated heterocycles. The number of halogens is 5. The molecule has 3 rings (SSSR count). The van der Waals surface area contributed by atoms with Crippen LogP contribution >= 0.6 is 11.5 Å². The van der Waals surface area contributed by atoms with E-state index in [2.05, 4.69) is 19.4 Å². The van der Waals surface area contributed by atoms with E-state index in [1.807, 2.05) is 0 Å². The van der Waals surface area contributed by atoms with Crippen molar-refractivity contribution >= 4 is 22.6 Å². The Morgan fingerprint density at radius 3 is 2.58 bits per heavy atom. The highest BCUT2D eigenvalue weighted by atomic mass is 32.1. The molecule has 0 atom stereocenters. The van der Waals surface area contributed by atoms with Gasteiger partial charge in [0.05, 0.1) is 11.7 Å². The monoisotopic (exact) mass is 463 g/mol. The number of rotatable bonds is 7. The number of anilines is 1. The van der Waals surface area contributed by atoms with E-state index in [-0.39, 0.29) is 34.3 Å². The van der Waals surface area contributed by atoms with Crippen molar-refractivity contribution in [2.75, 3.05) is 5.32 Å². The van der Waals surface area contributed by atoms with Crippen LogP contribution in [0.1, 0.15) is 30.0 Å². The van der Waals surface area contributed by atoms with Gasteiger partial charge in [-0.05, 0) is 32.0 Å². The first-order chi connectivity index (χ1) is 14.5. The summed E-state index contributed by atoms with van der Waals surface area (Å²) >= 11 is 0.721. The van der Waals surface area contributed by atoms with Crippen molar-refractivity contribution in [3.05, 3.63) is 41.7 Å². The van der Waals surface area contributed by atoms with Gasteiger partial charge in [0.1, 0.15) is 11.5 Å². The fourth-order valence-electron chi connectivity index (χ4n) is 2.42. The van der Waals surface area contributed by atoms with E-state index in [4.69, 9.17) is 9.15 Å². The molecule has 2 heterocycles. The maximum absolute atomic E-state index is 13.4. The fraction of sp³-hybridized carbons (Fsp3) is 0.278. The summed E-state index contributed by atoms with van der Waals surface area (Å²) in [5.41, 5.74) is -0.810. The highest BCUT2D eigenvalue weighted by molar-refractivity contribution is 7.10. The minimum absolute atomic E-state index is 0.00577. The van der Waals surface area contributed by atoms with Gasteiger partial charge in [-0.15, -0.1) is 4.37 Å². The molecule has 166 valence electrons. The summed E-state index contributed by atoms with van der Waals surface area (Å²) in [5.74, 6) is -3.34. The lowest BCUT2D eigenvalue weighted by molar-refractivity contribution is -0.153. The van der Waals surface area contributed by atoms with Gasteiger partial charge in [0.2, 0.25) is 10.9 Å². The van der Waals surface area contributed by atoms with Crippen molar-refractivity contribution in [1.29, 1.82) is 0 Å². The number of alkyl halides is 5. The van der Waals surface area contributed by atoms with Crippen molar-refractivity contribution in [1.82, 2.24) is 9.36 Å². The Morgan fingerprint density at radius 1 is 1.19 bits per heavy atom. The molecule has 0 radical (unpaired) electrons. The SMILES string of the molecule is CC(C)Oc1nsc(NC(=O)c2cc(-c3cccc(OC(F)F)c3)oc2C(F)(F)F)n1. The molecule has 0 fully saturated rings. The van der Waals surface area contributed by atoms with E-state index in [0.717, 1.165) is 23.7 Å². The highest BCUT2D eigenvalue weighted by Crippen LogP contribution is 2.38. The smallest absolute Gasteiger partial charge is 0.450 e. The molecule has 0 unspecified atom stereocenters. The minimum atomic E-state index is -4.99. The third-order valence-corrected chi connectivity index (χ3v) is 4.16. The molecule has 1 amide bonds. The Morgan fingerprint density at radius 2 is 1.94 bits per heavy atom. The van der Waals surface area contributed by atoms with Gasteiger partial charge in [0.25, 0.3) is 5.91 Å². The first-order valence-electron chi connectivity index (χ1n) is 8.61. The Bertz CT molecular complexity index is 1060. The van der Waals surface area contributed by atoms with Gasteiger partial charge in [-0.2, -0.15) is 26.9 Å². The van der Waals surface area contributed by atoms with Crippen LogP contribution < -0.4 is 14.8 Å². The summed E-state index contributed by atoms with van der Waals surface area (Å²) in [6, 6.07) is 5.69. The topological polar surface area (TPSA) is 86.5 Å². The fourth-order valence-corrected chi connectivity index (χ4v) is 2.93. The van der Waals surface area contributed by atoms with Crippen LogP contribution in [0.4, 0.5) is 27.1 Å². The second-order valence-corrected chi connectivity index (χ2v) is 7.01. The van der Waals surface area contributed by atoms with Crippen LogP contribution in [0, 0.1) is 0 Å². The lowest BCUT2D eigenvalue weighted by Crippen LogP contribution is -2.16. The maximum Gasteiger partial charge on any atom is 0.450 e. The second-order valence-electron chi connectivity index (χ2n) is 6.26. The summed E-state index contributed by atoms with van der Waals surface area (Å²) < 4.78 is 83.2. The lowest BCUT2D eigenvalue weighted by Gasteiger charge is -2.06. The van der Waals surface area contributed by atoms with E-state index in [1.165, 1.54) is 18.2 Å². The number of carbonyl (C=O) groups excluding carboxylic acids is 1. The molecule has 1 aromatic carbocycles. The Kier molecular flexibility index (Phi) is 6.43. The Balaban J connectivity index is 1.90. The van der Waals surface area contributed by atoms with Crippen LogP contribution in [0.15, 0.2) is 34.7 Å². The van der Waals surface area contributed by atoms with Gasteiger partial charge in [-0.1, -0.05) is 12.1 Å². The molecular formula is C18H14F5N3O4S. The molecule has 3 aromatic rings. The average molecular weight is 463 g/mol. The van der Waals surface area contributed by atoms with Gasteiger partial charge >= 0.3 is 18.8 Å². The van der Waals surface area contributed by atoms with Gasteiger partial charge < -0.3 is 13.9 Å². The molecule has 0 aliphatic heterocycles. The van der Waals surface area contributed by atoms with Crippen LogP contribution in [0.25, 0.3) is 11.3 Å². The quantitative estimate of drug-likeness (QED) is 0.469. The van der Waals surface area contributed by atoms with Crippen LogP contribution in [0.3, 0.4) is 0 Å². The zero-order valence-electron chi connectivity index (χ0n) is 15.9. The van der Waals surface area contributed by atoms with Gasteiger partial charge in [0.15, 0.2) is 0 Å². The van der Waals surface area contributed by atoms with Crippen LogP contribution in [0.2, 0.25) is 0 Å². The van der Waals surface area contributed by atoms with E-state index < -0.39 is 30.0 Å². The van der Waals surface area contributed by atoms with Gasteiger partial charge in [0, 0.05) is 17.1 Å². The number of ether oxygens (including phenoxy) is 2. The zero-order chi connectivity index (χ0) is 22.8. The molecule has 0 aliphatic rings. The number of nitrogens with one attached hydrogen (secondary N) is 1. The number of benzene rings is 1. The number of hydrogen-bond acceptors (Lipinski definition) is 7. The molecule has 0 spiro atoms. The van der Waals surface area contributed by atoms with Crippen LogP contribution in [0.5, 0.6) is 11.8 Å². The predicted molar refractivity (Wildman–Crippen MR) is 99.4 cm³/mol. The summed E-state index contributed by atoms with van der Waals surface area (Å²) in [6.45, 7) is 0.335. The molecular weight excluding hydrogens is 449 g/mol. The van der Waals surface area contributed by atoms with E-state index in [0.29, 0.717) is 0 Å². The molecule has 0 aliphatic carbocycles. The number of nitrogens with zero attached hydrogens (tertiary/aromatic N) is 2. The number of furan rings is 1. The van der Waals surface area contributed by atoms with Crippen molar-refractivity contribution < 1.29 is 40.6 Å². The number of hydrogen-bond donors (Lipinski definition) is 1. The summed E-state index contributed by atoms with van der Waals surface area (Å²) in [4.78, 5) is 16.3. The first kappa shape index (κ1) is 22.5. The molecule has 13 heteroatoms. The van der Waals surface area contributed by atoms with Crippen LogP contribution in [-0.4, -0.2) is 28.0 Å². The number of carbonyl (C=O) groups is 1. The van der Waals surface area contributed by atoms with E-state index >= 15 is 0 Å². The predicted octanol–water partition coefficient (Wildman–Crippen LogP) is 5.46. The normalized spacial score (nSPS) is 11.8. The number of amides is 1. The van der Waals surface area contributed by atoms with E-state index in [9.17, 15) is 26.7 Å². The molecule has 2 aromatic heterocycles. The summed E-state index contributed by atoms with van der Waals surface area (Å²) in [5, 5.41) is 2.13. The second kappa shape index (κ2) is 8.88. The van der Waals surface area contributed by atoms with Crippen molar-refractivity contribution in [2.45, 2.75) is 32.7 Å². The average Bonchev–Trinajstić information content (AvgIpc) is 3.28. The minimum Gasteiger partial charge on any atom is -0.460 e. The first-order valence-corrected chi connectivity index (χ1v) is 9.38. The highest BCUT2D eigenvalue weighted by Gasteiger charge is 2.40. The standard InChI is InChI=1S/C18H14F5N3O4S/c1-8(2)28-16-25-17(31-26-16)24-14(27)11-7-12(30-13(11)18(21,22)23)9-4-3-5-10(6-9)29-15(19)20/h3-8,15H,1-2H3,(H,24,25,26,27). The number of aromatic nitrogens is 2. The zero-order valence-corrected chi connectivity index (χ0v) is 16.7. The largest absolute Gasteiger partial charge is 0.460 e. The Labute approximate surface area is 176 Å². The third-order valence-electron chi connectivity index (χ3n) is 3.55. The molecule has 1 N–H and O–H groups in total. The van der Waals surface area contributed by atoms with E-state index in [1.54, 1.807) is 13.8 Å². The molecule has 0 saturated carbocycles. The van der Waals surface area contributed by atoms with Gasteiger partial charge in [-0.3, -0.25) is 10.1 Å². The molecule has 7 nitrogen and oxygen atoms in total. The van der Waals surface area contributed by atoms with Crippen molar-refractivity contribution in [2.24, 2.45) is 0 Å². The molecule has 31 heavy (non-hydrogen) atoms. The third kappa shape index (κ3) is 5.69. The summed E-state index contributed by atoms with van der Waals surface area (Å²) in [6.07, 6.45) is -5.23.